The first kappa shape index (κ1) is 21.6. The molecular weight excluding hydrogens is 327 g/mol. The van der Waals surface area contributed by atoms with Crippen LogP contribution in [0.3, 0.4) is 0 Å². The Morgan fingerprint density at radius 2 is 1.44 bits per heavy atom. The summed E-state index contributed by atoms with van der Waals surface area (Å²) >= 11 is 0. The van der Waals surface area contributed by atoms with E-state index in [-0.39, 0.29) is 5.41 Å². The van der Waals surface area contributed by atoms with E-state index in [4.69, 9.17) is 4.74 Å². The first-order valence-corrected chi connectivity index (χ1v) is 10.7. The third kappa shape index (κ3) is 7.44. The van der Waals surface area contributed by atoms with Crippen molar-refractivity contribution in [2.75, 3.05) is 0 Å². The van der Waals surface area contributed by atoms with Crippen LogP contribution in [0.25, 0.3) is 0 Å². The van der Waals surface area contributed by atoms with Gasteiger partial charge in [-0.05, 0) is 35.0 Å². The van der Waals surface area contributed by atoms with Gasteiger partial charge >= 0.3 is 0 Å². The predicted octanol–water partition coefficient (Wildman–Crippen LogP) is 7.35. The molecule has 0 spiro atoms. The molecule has 0 atom stereocenters. The number of ether oxygens (including phenoxy) is 1. The van der Waals surface area contributed by atoms with Crippen molar-refractivity contribution in [3.63, 3.8) is 0 Å². The van der Waals surface area contributed by atoms with Crippen LogP contribution in [-0.4, -0.2) is 6.71 Å². The highest BCUT2D eigenvalue weighted by atomic mass is 16.5. The van der Waals surface area contributed by atoms with Crippen molar-refractivity contribution >= 4 is 6.71 Å². The van der Waals surface area contributed by atoms with Crippen molar-refractivity contribution in [3.05, 3.63) is 65.2 Å². The monoisotopic (exact) mass is 364 g/mol. The summed E-state index contributed by atoms with van der Waals surface area (Å²) in [5.41, 5.74) is 4.21. The van der Waals surface area contributed by atoms with Gasteiger partial charge in [0, 0.05) is 0 Å². The molecule has 0 bridgehead atoms. The molecule has 27 heavy (non-hydrogen) atoms. The molecule has 0 aliphatic rings. The van der Waals surface area contributed by atoms with Crippen LogP contribution < -0.4 is 4.74 Å². The van der Waals surface area contributed by atoms with Crippen LogP contribution in [0.15, 0.2) is 48.5 Å². The highest BCUT2D eigenvalue weighted by Crippen LogP contribution is 2.24. The maximum atomic E-state index is 5.97. The number of unbranched alkanes of at least 4 members (excludes halogenated alkanes) is 2. The molecule has 0 amide bonds. The summed E-state index contributed by atoms with van der Waals surface area (Å²) in [5.74, 6) is 0.939. The predicted molar refractivity (Wildman–Crippen MR) is 120 cm³/mol. The minimum Gasteiger partial charge on any atom is -0.489 e. The van der Waals surface area contributed by atoms with Crippen molar-refractivity contribution in [1.82, 2.24) is 0 Å². The van der Waals surface area contributed by atoms with Crippen molar-refractivity contribution in [1.29, 1.82) is 0 Å². The van der Waals surface area contributed by atoms with Crippen LogP contribution in [0, 0.1) is 0 Å². The van der Waals surface area contributed by atoms with Crippen molar-refractivity contribution < 1.29 is 4.74 Å². The summed E-state index contributed by atoms with van der Waals surface area (Å²) < 4.78 is 5.97. The largest absolute Gasteiger partial charge is 0.489 e. The summed E-state index contributed by atoms with van der Waals surface area (Å²) in [7, 11) is 0. The standard InChI is InChI=1S/C25H37BO/c1-6-8-9-18-26(7-2)19-21-10-12-22(13-11-21)20-27-24-16-14-23(15-17-24)25(3,4)5/h10-17H,6-9,18-20H2,1-5H3. The van der Waals surface area contributed by atoms with E-state index >= 15 is 0 Å². The second kappa shape index (κ2) is 10.6. The summed E-state index contributed by atoms with van der Waals surface area (Å²) in [6, 6.07) is 17.5. The van der Waals surface area contributed by atoms with Gasteiger partial charge in [-0.1, -0.05) is 108 Å². The van der Waals surface area contributed by atoms with E-state index in [0.717, 1.165) is 12.5 Å². The van der Waals surface area contributed by atoms with Crippen LogP contribution in [0.5, 0.6) is 5.75 Å². The Morgan fingerprint density at radius 1 is 0.815 bits per heavy atom. The molecular formula is C25H37BO. The van der Waals surface area contributed by atoms with Gasteiger partial charge < -0.3 is 4.74 Å². The summed E-state index contributed by atoms with van der Waals surface area (Å²) in [5, 5.41) is 0. The lowest BCUT2D eigenvalue weighted by atomic mass is 9.41. The lowest BCUT2D eigenvalue weighted by Crippen LogP contribution is -2.15. The Balaban J connectivity index is 1.84. The molecule has 0 fully saturated rings. The number of rotatable bonds is 10. The third-order valence-electron chi connectivity index (χ3n) is 5.47. The number of benzene rings is 2. The second-order valence-electron chi connectivity index (χ2n) is 8.85. The van der Waals surface area contributed by atoms with Crippen LogP contribution >= 0.6 is 0 Å². The van der Waals surface area contributed by atoms with Gasteiger partial charge in [-0.15, -0.1) is 0 Å². The van der Waals surface area contributed by atoms with E-state index in [1.807, 2.05) is 0 Å². The molecule has 2 aromatic carbocycles. The quantitative estimate of drug-likeness (QED) is 0.316. The first-order chi connectivity index (χ1) is 12.9. The molecule has 0 aliphatic heterocycles. The van der Waals surface area contributed by atoms with Crippen LogP contribution in [-0.2, 0) is 18.3 Å². The fourth-order valence-electron chi connectivity index (χ4n) is 3.46. The molecule has 2 heteroatoms. The Hall–Kier alpha value is -1.70. The van der Waals surface area contributed by atoms with E-state index in [9.17, 15) is 0 Å². The second-order valence-corrected chi connectivity index (χ2v) is 8.85. The molecule has 0 saturated heterocycles. The zero-order valence-electron chi connectivity index (χ0n) is 18.1. The van der Waals surface area contributed by atoms with Crippen molar-refractivity contribution in [3.8, 4) is 5.75 Å². The molecule has 2 rings (SSSR count). The average Bonchev–Trinajstić information content (AvgIpc) is 2.66. The maximum absolute atomic E-state index is 5.97. The van der Waals surface area contributed by atoms with Gasteiger partial charge in [0.15, 0.2) is 0 Å². The van der Waals surface area contributed by atoms with E-state index < -0.39 is 0 Å². The van der Waals surface area contributed by atoms with Crippen LogP contribution in [0.4, 0.5) is 0 Å². The van der Waals surface area contributed by atoms with Gasteiger partial charge in [-0.25, -0.2) is 0 Å². The van der Waals surface area contributed by atoms with E-state index in [2.05, 4.69) is 83.1 Å². The molecule has 146 valence electrons. The first-order valence-electron chi connectivity index (χ1n) is 10.7. The van der Waals surface area contributed by atoms with Gasteiger partial charge in [0.2, 0.25) is 0 Å². The molecule has 0 aliphatic carbocycles. The molecule has 0 aromatic heterocycles. The number of hydrogen-bond donors (Lipinski definition) is 0. The molecule has 2 aromatic rings. The van der Waals surface area contributed by atoms with Gasteiger partial charge in [-0.2, -0.15) is 0 Å². The zero-order valence-corrected chi connectivity index (χ0v) is 18.1. The SMILES string of the molecule is CCCCCB(CC)Cc1ccc(COc2ccc(C(C)(C)C)cc2)cc1. The highest BCUT2D eigenvalue weighted by molar-refractivity contribution is 6.58. The Kier molecular flexibility index (Phi) is 8.47. The minimum atomic E-state index is 0.182. The summed E-state index contributed by atoms with van der Waals surface area (Å²) in [6.45, 7) is 12.7. The molecule has 0 unspecified atom stereocenters. The topological polar surface area (TPSA) is 9.23 Å². The van der Waals surface area contributed by atoms with Crippen LogP contribution in [0.2, 0.25) is 12.6 Å². The molecule has 0 saturated carbocycles. The van der Waals surface area contributed by atoms with E-state index in [1.54, 1.807) is 0 Å². The van der Waals surface area contributed by atoms with Crippen molar-refractivity contribution in [2.45, 2.75) is 84.9 Å². The van der Waals surface area contributed by atoms with E-state index in [1.165, 1.54) is 54.9 Å². The fraction of sp³-hybridized carbons (Fsp3) is 0.520. The molecule has 0 radical (unpaired) electrons. The average molecular weight is 364 g/mol. The third-order valence-corrected chi connectivity index (χ3v) is 5.47. The highest BCUT2D eigenvalue weighted by Gasteiger charge is 2.13. The fourth-order valence-corrected chi connectivity index (χ4v) is 3.46. The Bertz CT molecular complexity index is 652. The maximum Gasteiger partial charge on any atom is 0.144 e. The molecule has 0 N–H and O–H groups in total. The lowest BCUT2D eigenvalue weighted by molar-refractivity contribution is 0.306. The Labute approximate surface area is 167 Å². The lowest BCUT2D eigenvalue weighted by Gasteiger charge is -2.19. The van der Waals surface area contributed by atoms with Gasteiger partial charge in [-0.3, -0.25) is 0 Å². The zero-order chi connectivity index (χ0) is 19.7. The summed E-state index contributed by atoms with van der Waals surface area (Å²) in [6.07, 6.45) is 7.89. The molecule has 0 heterocycles. The van der Waals surface area contributed by atoms with Crippen LogP contribution in [0.1, 0.15) is 70.6 Å². The van der Waals surface area contributed by atoms with Gasteiger partial charge in [0.05, 0.1) is 0 Å². The van der Waals surface area contributed by atoms with E-state index in [0.29, 0.717) is 6.61 Å². The van der Waals surface area contributed by atoms with Gasteiger partial charge in [0.1, 0.15) is 19.1 Å². The number of hydrogen-bond acceptors (Lipinski definition) is 1. The van der Waals surface area contributed by atoms with Crippen molar-refractivity contribution in [2.24, 2.45) is 0 Å². The van der Waals surface area contributed by atoms with Gasteiger partial charge in [0.25, 0.3) is 0 Å². The molecule has 1 nitrogen and oxygen atoms in total. The normalized spacial score (nSPS) is 11.4. The summed E-state index contributed by atoms with van der Waals surface area (Å²) in [4.78, 5) is 0. The smallest absolute Gasteiger partial charge is 0.144 e. The minimum absolute atomic E-state index is 0.182. The Morgan fingerprint density at radius 3 is 2.00 bits per heavy atom.